The summed E-state index contributed by atoms with van der Waals surface area (Å²) in [4.78, 5) is 4.34. The fourth-order valence-electron chi connectivity index (χ4n) is 2.17. The first-order valence-corrected chi connectivity index (χ1v) is 7.21. The average Bonchev–Trinajstić information content (AvgIpc) is 2.47. The van der Waals surface area contributed by atoms with Crippen molar-refractivity contribution >= 4 is 43.9 Å². The molecule has 0 unspecified atom stereocenters. The number of fused-ring (bicyclic) bond motifs is 1. The predicted molar refractivity (Wildman–Crippen MR) is 90.1 cm³/mol. The van der Waals surface area contributed by atoms with E-state index in [2.05, 4.69) is 26.2 Å². The number of nitrogens with one attached hydrogen (secondary N) is 1. The highest BCUT2D eigenvalue weighted by Gasteiger charge is 2.05. The molecule has 0 aliphatic carbocycles. The fraction of sp³-hybridized carbons (Fsp3) is 0.0625. The molecule has 4 nitrogen and oxygen atoms in total. The van der Waals surface area contributed by atoms with Crippen molar-refractivity contribution in [2.75, 3.05) is 18.2 Å². The van der Waals surface area contributed by atoms with E-state index in [1.54, 1.807) is 13.3 Å². The molecule has 3 rings (SSSR count). The number of ether oxygens (including phenoxy) is 1. The second kappa shape index (κ2) is 5.61. The molecular weight excluding hydrogens is 330 g/mol. The number of hydrogen-bond acceptors (Lipinski definition) is 4. The molecule has 0 saturated carbocycles. The second-order valence-corrected chi connectivity index (χ2v) is 5.46. The van der Waals surface area contributed by atoms with Crippen molar-refractivity contribution < 1.29 is 4.74 Å². The molecule has 0 spiro atoms. The molecule has 1 aromatic heterocycles. The first kappa shape index (κ1) is 13.7. The van der Waals surface area contributed by atoms with Gasteiger partial charge in [-0.05, 0) is 58.4 Å². The van der Waals surface area contributed by atoms with E-state index in [1.165, 1.54) is 0 Å². The van der Waals surface area contributed by atoms with Gasteiger partial charge in [0.2, 0.25) is 0 Å². The van der Waals surface area contributed by atoms with Crippen LogP contribution in [0.2, 0.25) is 0 Å². The van der Waals surface area contributed by atoms with Gasteiger partial charge in [0.05, 0.1) is 17.1 Å². The highest BCUT2D eigenvalue weighted by atomic mass is 79.9. The van der Waals surface area contributed by atoms with Crippen LogP contribution >= 0.6 is 15.9 Å². The van der Waals surface area contributed by atoms with Gasteiger partial charge in [0, 0.05) is 28.6 Å². The SMILES string of the molecule is COc1ccc(Nc2ccnc3cc(N)ccc23)cc1Br. The number of methoxy groups -OCH3 is 1. The van der Waals surface area contributed by atoms with E-state index in [-0.39, 0.29) is 0 Å². The maximum absolute atomic E-state index is 5.80. The van der Waals surface area contributed by atoms with E-state index >= 15 is 0 Å². The van der Waals surface area contributed by atoms with Gasteiger partial charge in [-0.2, -0.15) is 0 Å². The second-order valence-electron chi connectivity index (χ2n) is 4.61. The van der Waals surface area contributed by atoms with Gasteiger partial charge >= 0.3 is 0 Å². The topological polar surface area (TPSA) is 60.2 Å². The van der Waals surface area contributed by atoms with Crippen molar-refractivity contribution in [3.8, 4) is 5.75 Å². The van der Waals surface area contributed by atoms with E-state index in [0.29, 0.717) is 5.69 Å². The minimum absolute atomic E-state index is 0.708. The van der Waals surface area contributed by atoms with E-state index < -0.39 is 0 Å². The number of nitrogens with zero attached hydrogens (tertiary/aromatic N) is 1. The van der Waals surface area contributed by atoms with Crippen molar-refractivity contribution in [1.29, 1.82) is 0 Å². The lowest BCUT2D eigenvalue weighted by Crippen LogP contribution is -1.94. The predicted octanol–water partition coefficient (Wildman–Crippen LogP) is 4.33. The van der Waals surface area contributed by atoms with E-state index in [1.807, 2.05) is 42.5 Å². The standard InChI is InChI=1S/C16H14BrN3O/c1-21-16-5-3-11(9-13(16)17)20-14-6-7-19-15-8-10(18)2-4-12(14)15/h2-9H,18H2,1H3,(H,19,20). The molecule has 0 radical (unpaired) electrons. The molecule has 2 aromatic carbocycles. The third-order valence-corrected chi connectivity index (χ3v) is 3.82. The Balaban J connectivity index is 2.00. The maximum atomic E-state index is 5.80. The number of benzene rings is 2. The summed E-state index contributed by atoms with van der Waals surface area (Å²) in [6, 6.07) is 13.5. The Labute approximate surface area is 131 Å². The average molecular weight is 344 g/mol. The summed E-state index contributed by atoms with van der Waals surface area (Å²) in [5.41, 5.74) is 9.32. The zero-order chi connectivity index (χ0) is 14.8. The molecule has 0 aliphatic rings. The Morgan fingerprint density at radius 1 is 1.14 bits per heavy atom. The van der Waals surface area contributed by atoms with Crippen LogP contribution in [0.3, 0.4) is 0 Å². The van der Waals surface area contributed by atoms with Gasteiger partial charge in [-0.15, -0.1) is 0 Å². The number of nitrogens with two attached hydrogens (primary N) is 1. The molecule has 0 aliphatic heterocycles. The van der Waals surface area contributed by atoms with Crippen LogP contribution in [-0.2, 0) is 0 Å². The molecule has 0 bridgehead atoms. The van der Waals surface area contributed by atoms with Crippen molar-refractivity contribution in [2.45, 2.75) is 0 Å². The lowest BCUT2D eigenvalue weighted by Gasteiger charge is -2.11. The number of hydrogen-bond donors (Lipinski definition) is 2. The summed E-state index contributed by atoms with van der Waals surface area (Å²) in [5, 5.41) is 4.42. The number of aromatic nitrogens is 1. The number of pyridine rings is 1. The maximum Gasteiger partial charge on any atom is 0.133 e. The number of anilines is 3. The number of rotatable bonds is 3. The van der Waals surface area contributed by atoms with Crippen molar-refractivity contribution in [3.63, 3.8) is 0 Å². The summed E-state index contributed by atoms with van der Waals surface area (Å²) < 4.78 is 6.14. The summed E-state index contributed by atoms with van der Waals surface area (Å²) in [7, 11) is 1.65. The van der Waals surface area contributed by atoms with Gasteiger partial charge in [-0.25, -0.2) is 0 Å². The Morgan fingerprint density at radius 3 is 2.76 bits per heavy atom. The van der Waals surface area contributed by atoms with Gasteiger partial charge in [0.15, 0.2) is 0 Å². The van der Waals surface area contributed by atoms with Crippen LogP contribution in [0.4, 0.5) is 17.1 Å². The van der Waals surface area contributed by atoms with E-state index in [4.69, 9.17) is 10.5 Å². The molecule has 106 valence electrons. The van der Waals surface area contributed by atoms with Crippen molar-refractivity contribution in [1.82, 2.24) is 4.98 Å². The Bertz CT molecular complexity index is 805. The molecule has 3 aromatic rings. The van der Waals surface area contributed by atoms with Crippen LogP contribution in [0.15, 0.2) is 53.1 Å². The zero-order valence-corrected chi connectivity index (χ0v) is 13.0. The van der Waals surface area contributed by atoms with Crippen LogP contribution in [0.1, 0.15) is 0 Å². The summed E-state index contributed by atoms with van der Waals surface area (Å²) in [6.45, 7) is 0. The molecule has 3 N–H and O–H groups in total. The van der Waals surface area contributed by atoms with Crippen molar-refractivity contribution in [3.05, 3.63) is 53.1 Å². The number of halogens is 1. The molecule has 0 fully saturated rings. The lowest BCUT2D eigenvalue weighted by molar-refractivity contribution is 0.412. The normalized spacial score (nSPS) is 10.6. The molecular formula is C16H14BrN3O. The smallest absolute Gasteiger partial charge is 0.133 e. The Kier molecular flexibility index (Phi) is 3.66. The minimum atomic E-state index is 0.708. The Hall–Kier alpha value is -2.27. The Morgan fingerprint density at radius 2 is 2.00 bits per heavy atom. The summed E-state index contributed by atoms with van der Waals surface area (Å²) in [6.07, 6.45) is 1.77. The largest absolute Gasteiger partial charge is 0.496 e. The highest BCUT2D eigenvalue weighted by Crippen LogP contribution is 2.31. The fourth-order valence-corrected chi connectivity index (χ4v) is 2.71. The molecule has 1 heterocycles. The first-order valence-electron chi connectivity index (χ1n) is 6.42. The van der Waals surface area contributed by atoms with Crippen LogP contribution < -0.4 is 15.8 Å². The molecule has 0 amide bonds. The van der Waals surface area contributed by atoms with Crippen LogP contribution in [-0.4, -0.2) is 12.1 Å². The van der Waals surface area contributed by atoms with Gasteiger partial charge < -0.3 is 15.8 Å². The van der Waals surface area contributed by atoms with Gasteiger partial charge in [0.25, 0.3) is 0 Å². The minimum Gasteiger partial charge on any atom is -0.496 e. The van der Waals surface area contributed by atoms with Crippen LogP contribution in [0.25, 0.3) is 10.9 Å². The van der Waals surface area contributed by atoms with Crippen molar-refractivity contribution in [2.24, 2.45) is 0 Å². The van der Waals surface area contributed by atoms with Gasteiger partial charge in [-0.3, -0.25) is 4.98 Å². The quantitative estimate of drug-likeness (QED) is 0.694. The summed E-state index contributed by atoms with van der Waals surface area (Å²) >= 11 is 3.49. The highest BCUT2D eigenvalue weighted by molar-refractivity contribution is 9.10. The summed E-state index contributed by atoms with van der Waals surface area (Å²) in [5.74, 6) is 0.799. The third kappa shape index (κ3) is 2.78. The monoisotopic (exact) mass is 343 g/mol. The molecule has 0 atom stereocenters. The molecule has 5 heteroatoms. The molecule has 21 heavy (non-hydrogen) atoms. The van der Waals surface area contributed by atoms with E-state index in [0.717, 1.165) is 32.5 Å². The third-order valence-electron chi connectivity index (χ3n) is 3.20. The van der Waals surface area contributed by atoms with E-state index in [9.17, 15) is 0 Å². The lowest BCUT2D eigenvalue weighted by atomic mass is 10.1. The van der Waals surface area contributed by atoms with Gasteiger partial charge in [-0.1, -0.05) is 0 Å². The van der Waals surface area contributed by atoms with Crippen LogP contribution in [0.5, 0.6) is 5.75 Å². The van der Waals surface area contributed by atoms with Gasteiger partial charge in [0.1, 0.15) is 5.75 Å². The first-order chi connectivity index (χ1) is 10.2. The number of nitrogen functional groups attached to an aromatic ring is 1. The zero-order valence-electron chi connectivity index (χ0n) is 11.4. The molecule has 0 saturated heterocycles. The van der Waals surface area contributed by atoms with Crippen LogP contribution in [0, 0.1) is 0 Å².